The molecule has 21 heavy (non-hydrogen) atoms. The van der Waals surface area contributed by atoms with Crippen LogP contribution >= 0.6 is 0 Å². The number of hydrogen-bond donors (Lipinski definition) is 1. The minimum atomic E-state index is 0.462. The van der Waals surface area contributed by atoms with Crippen molar-refractivity contribution in [1.29, 1.82) is 0 Å². The standard InChI is InChI=1S/C20H33N/c1-15(2)14-18-10-12-19(13-11-18)17(4)21-20-9-7-5-6-8-16(20)3/h10-13,15-17,20-21H,5-9,14H2,1-4H3. The van der Waals surface area contributed by atoms with E-state index in [1.807, 2.05) is 0 Å². The Morgan fingerprint density at radius 2 is 1.67 bits per heavy atom. The van der Waals surface area contributed by atoms with Gasteiger partial charge in [0.15, 0.2) is 0 Å². The molecule has 118 valence electrons. The highest BCUT2D eigenvalue weighted by molar-refractivity contribution is 5.25. The summed E-state index contributed by atoms with van der Waals surface area (Å²) in [6.07, 6.45) is 8.14. The molecule has 1 aromatic carbocycles. The summed E-state index contributed by atoms with van der Waals surface area (Å²) in [6.45, 7) is 9.30. The van der Waals surface area contributed by atoms with Crippen LogP contribution < -0.4 is 5.32 Å². The highest BCUT2D eigenvalue weighted by Crippen LogP contribution is 2.25. The Kier molecular flexibility index (Phi) is 6.29. The van der Waals surface area contributed by atoms with E-state index in [0.717, 1.165) is 11.8 Å². The van der Waals surface area contributed by atoms with Gasteiger partial charge in [-0.25, -0.2) is 0 Å². The molecule has 1 N–H and O–H groups in total. The smallest absolute Gasteiger partial charge is 0.0294 e. The number of nitrogens with one attached hydrogen (secondary N) is 1. The average Bonchev–Trinajstić information content (AvgIpc) is 2.64. The van der Waals surface area contributed by atoms with Gasteiger partial charge in [0.1, 0.15) is 0 Å². The first-order chi connectivity index (χ1) is 10.1. The lowest BCUT2D eigenvalue weighted by Crippen LogP contribution is -2.36. The van der Waals surface area contributed by atoms with Crippen LogP contribution in [0.2, 0.25) is 0 Å². The van der Waals surface area contributed by atoms with Crippen molar-refractivity contribution in [2.24, 2.45) is 11.8 Å². The molecule has 1 aliphatic rings. The molecule has 0 aromatic heterocycles. The Balaban J connectivity index is 1.94. The zero-order chi connectivity index (χ0) is 15.2. The fourth-order valence-electron chi connectivity index (χ4n) is 3.57. The van der Waals surface area contributed by atoms with Gasteiger partial charge < -0.3 is 5.32 Å². The molecule has 0 bridgehead atoms. The molecule has 1 aliphatic carbocycles. The van der Waals surface area contributed by atoms with Crippen molar-refractivity contribution in [3.05, 3.63) is 35.4 Å². The first-order valence-electron chi connectivity index (χ1n) is 8.91. The first kappa shape index (κ1) is 16.5. The van der Waals surface area contributed by atoms with Crippen LogP contribution in [0.3, 0.4) is 0 Å². The predicted molar refractivity (Wildman–Crippen MR) is 92.6 cm³/mol. The zero-order valence-corrected chi connectivity index (χ0v) is 14.4. The van der Waals surface area contributed by atoms with Gasteiger partial charge in [-0.3, -0.25) is 0 Å². The van der Waals surface area contributed by atoms with Crippen LogP contribution in [0.5, 0.6) is 0 Å². The number of hydrogen-bond acceptors (Lipinski definition) is 1. The lowest BCUT2D eigenvalue weighted by molar-refractivity contribution is 0.330. The third kappa shape index (κ3) is 5.14. The van der Waals surface area contributed by atoms with Crippen LogP contribution in [0.15, 0.2) is 24.3 Å². The van der Waals surface area contributed by atoms with Crippen LogP contribution in [0.1, 0.15) is 77.0 Å². The summed E-state index contributed by atoms with van der Waals surface area (Å²) < 4.78 is 0. The third-order valence-corrected chi connectivity index (χ3v) is 4.95. The molecule has 3 unspecified atom stereocenters. The average molecular weight is 287 g/mol. The van der Waals surface area contributed by atoms with E-state index in [-0.39, 0.29) is 0 Å². The molecule has 1 saturated carbocycles. The van der Waals surface area contributed by atoms with E-state index in [4.69, 9.17) is 0 Å². The van der Waals surface area contributed by atoms with Gasteiger partial charge in [0, 0.05) is 12.1 Å². The van der Waals surface area contributed by atoms with Gasteiger partial charge in [0.05, 0.1) is 0 Å². The van der Waals surface area contributed by atoms with E-state index in [0.29, 0.717) is 12.1 Å². The fraction of sp³-hybridized carbons (Fsp3) is 0.700. The van der Waals surface area contributed by atoms with E-state index in [2.05, 4.69) is 57.3 Å². The second-order valence-corrected chi connectivity index (χ2v) is 7.45. The van der Waals surface area contributed by atoms with Crippen molar-refractivity contribution in [1.82, 2.24) is 5.32 Å². The van der Waals surface area contributed by atoms with Crippen LogP contribution in [0, 0.1) is 11.8 Å². The third-order valence-electron chi connectivity index (χ3n) is 4.95. The van der Waals surface area contributed by atoms with Crippen LogP contribution in [0.25, 0.3) is 0 Å². The summed E-state index contributed by atoms with van der Waals surface area (Å²) in [5, 5.41) is 3.89. The monoisotopic (exact) mass is 287 g/mol. The van der Waals surface area contributed by atoms with Crippen molar-refractivity contribution in [3.63, 3.8) is 0 Å². The molecule has 1 heteroatoms. The molecule has 1 fully saturated rings. The summed E-state index contributed by atoms with van der Waals surface area (Å²) >= 11 is 0. The normalized spacial score (nSPS) is 24.8. The van der Waals surface area contributed by atoms with Crippen molar-refractivity contribution in [2.45, 2.75) is 78.3 Å². The van der Waals surface area contributed by atoms with Gasteiger partial charge in [0.25, 0.3) is 0 Å². The Hall–Kier alpha value is -0.820. The Morgan fingerprint density at radius 1 is 1.00 bits per heavy atom. The van der Waals surface area contributed by atoms with E-state index in [1.54, 1.807) is 0 Å². The number of benzene rings is 1. The SMILES string of the molecule is CC(C)Cc1ccc(C(C)NC2CCCCCC2C)cc1. The summed E-state index contributed by atoms with van der Waals surface area (Å²) in [5.74, 6) is 1.55. The summed E-state index contributed by atoms with van der Waals surface area (Å²) in [5.41, 5.74) is 2.89. The topological polar surface area (TPSA) is 12.0 Å². The molecule has 0 spiro atoms. The van der Waals surface area contributed by atoms with Gasteiger partial charge in [-0.2, -0.15) is 0 Å². The molecular formula is C20H33N. The van der Waals surface area contributed by atoms with E-state index >= 15 is 0 Å². The first-order valence-corrected chi connectivity index (χ1v) is 8.91. The van der Waals surface area contributed by atoms with Gasteiger partial charge in [0.2, 0.25) is 0 Å². The second kappa shape index (κ2) is 7.98. The van der Waals surface area contributed by atoms with Crippen LogP contribution in [-0.2, 0) is 6.42 Å². The summed E-state index contributed by atoms with van der Waals surface area (Å²) in [6, 6.07) is 10.4. The zero-order valence-electron chi connectivity index (χ0n) is 14.4. The van der Waals surface area contributed by atoms with Gasteiger partial charge in [-0.1, -0.05) is 64.3 Å². The fourth-order valence-corrected chi connectivity index (χ4v) is 3.57. The molecule has 0 radical (unpaired) electrons. The van der Waals surface area contributed by atoms with Crippen LogP contribution in [0.4, 0.5) is 0 Å². The van der Waals surface area contributed by atoms with Crippen molar-refractivity contribution in [2.75, 3.05) is 0 Å². The van der Waals surface area contributed by atoms with Crippen molar-refractivity contribution >= 4 is 0 Å². The van der Waals surface area contributed by atoms with Crippen molar-refractivity contribution in [3.8, 4) is 0 Å². The van der Waals surface area contributed by atoms with Crippen molar-refractivity contribution < 1.29 is 0 Å². The minimum absolute atomic E-state index is 0.462. The highest BCUT2D eigenvalue weighted by atomic mass is 14.9. The Labute approximate surface area is 131 Å². The van der Waals surface area contributed by atoms with E-state index in [9.17, 15) is 0 Å². The second-order valence-electron chi connectivity index (χ2n) is 7.45. The van der Waals surface area contributed by atoms with E-state index < -0.39 is 0 Å². The maximum absolute atomic E-state index is 3.89. The van der Waals surface area contributed by atoms with Crippen LogP contribution in [-0.4, -0.2) is 6.04 Å². The highest BCUT2D eigenvalue weighted by Gasteiger charge is 2.21. The predicted octanol–water partition coefficient (Wildman–Crippen LogP) is 5.50. The van der Waals surface area contributed by atoms with Gasteiger partial charge in [-0.15, -0.1) is 0 Å². The quantitative estimate of drug-likeness (QED) is 0.705. The molecule has 0 saturated heterocycles. The molecule has 2 rings (SSSR count). The lowest BCUT2D eigenvalue weighted by atomic mass is 9.94. The molecular weight excluding hydrogens is 254 g/mol. The number of rotatable bonds is 5. The molecule has 3 atom stereocenters. The summed E-state index contributed by atoms with van der Waals surface area (Å²) in [7, 11) is 0. The molecule has 0 aliphatic heterocycles. The largest absolute Gasteiger partial charge is 0.307 e. The maximum atomic E-state index is 3.89. The Bertz CT molecular complexity index is 406. The van der Waals surface area contributed by atoms with E-state index in [1.165, 1.54) is 49.7 Å². The molecule has 1 aromatic rings. The molecule has 0 amide bonds. The van der Waals surface area contributed by atoms with Gasteiger partial charge in [-0.05, 0) is 49.1 Å². The minimum Gasteiger partial charge on any atom is -0.307 e. The molecule has 0 heterocycles. The maximum Gasteiger partial charge on any atom is 0.0294 e. The Morgan fingerprint density at radius 3 is 2.33 bits per heavy atom. The summed E-state index contributed by atoms with van der Waals surface area (Å²) in [4.78, 5) is 0. The molecule has 1 nitrogen and oxygen atoms in total. The van der Waals surface area contributed by atoms with Gasteiger partial charge >= 0.3 is 0 Å². The lowest BCUT2D eigenvalue weighted by Gasteiger charge is -2.27.